The summed E-state index contributed by atoms with van der Waals surface area (Å²) in [5, 5.41) is 17.6. The molecule has 1 aliphatic heterocycles. The SMILES string of the molecule is O=C(NC12CC(n3cc(CCCOC(F)(F)F)cn3)(C1)C2)[C@H]1C[C@@H](O)c2cc(C(F)(F)F)ccc2O1. The molecule has 196 valence electrons. The molecule has 0 saturated heterocycles. The van der Waals surface area contributed by atoms with Crippen molar-refractivity contribution in [2.45, 2.75) is 74.3 Å². The Morgan fingerprint density at radius 1 is 1.22 bits per heavy atom. The Morgan fingerprint density at radius 3 is 2.61 bits per heavy atom. The van der Waals surface area contributed by atoms with Gasteiger partial charge in [0.05, 0.1) is 30.0 Å². The smallest absolute Gasteiger partial charge is 0.480 e. The second kappa shape index (κ2) is 8.37. The molecular weight excluding hydrogens is 496 g/mol. The Morgan fingerprint density at radius 2 is 1.94 bits per heavy atom. The summed E-state index contributed by atoms with van der Waals surface area (Å²) in [5.74, 6) is -0.403. The number of alkyl halides is 6. The molecule has 2 aromatic rings. The topological polar surface area (TPSA) is 85.6 Å². The number of nitrogens with zero attached hydrogens (tertiary/aromatic N) is 2. The number of nitrogens with one attached hydrogen (secondary N) is 1. The van der Waals surface area contributed by atoms with Crippen molar-refractivity contribution in [3.8, 4) is 5.75 Å². The van der Waals surface area contributed by atoms with E-state index in [-0.39, 0.29) is 29.7 Å². The molecule has 2 atom stereocenters. The van der Waals surface area contributed by atoms with Gasteiger partial charge in [0.25, 0.3) is 5.91 Å². The predicted octanol–water partition coefficient (Wildman–Crippen LogP) is 4.00. The number of hydrogen-bond acceptors (Lipinski definition) is 5. The molecule has 3 fully saturated rings. The molecule has 13 heteroatoms. The number of ether oxygens (including phenoxy) is 2. The number of carbonyl (C=O) groups is 1. The number of hydrogen-bond donors (Lipinski definition) is 2. The van der Waals surface area contributed by atoms with E-state index in [2.05, 4.69) is 15.2 Å². The average molecular weight is 519 g/mol. The zero-order valence-corrected chi connectivity index (χ0v) is 18.8. The Hall–Kier alpha value is -2.80. The maximum absolute atomic E-state index is 13.0. The number of benzene rings is 1. The molecule has 36 heavy (non-hydrogen) atoms. The number of fused-ring (bicyclic) bond motifs is 1. The van der Waals surface area contributed by atoms with Crippen LogP contribution in [0, 0.1) is 0 Å². The van der Waals surface area contributed by atoms with Crippen LogP contribution in [-0.2, 0) is 27.7 Å². The molecule has 2 bridgehead atoms. The molecule has 3 aliphatic carbocycles. The first-order valence-corrected chi connectivity index (χ1v) is 11.4. The summed E-state index contributed by atoms with van der Waals surface area (Å²) in [6.07, 6.45) is -5.82. The Balaban J connectivity index is 1.13. The van der Waals surface area contributed by atoms with Gasteiger partial charge in [-0.2, -0.15) is 18.3 Å². The molecule has 3 saturated carbocycles. The van der Waals surface area contributed by atoms with Crippen LogP contribution in [0.4, 0.5) is 26.3 Å². The number of carbonyl (C=O) groups excluding carboxylic acids is 1. The summed E-state index contributed by atoms with van der Waals surface area (Å²) in [5.41, 5.74) is -0.819. The van der Waals surface area contributed by atoms with Gasteiger partial charge in [0, 0.05) is 23.7 Å². The standard InChI is InChI=1S/C23H23F6N3O4/c24-22(25,26)14-3-4-17-15(6-14)16(33)7-18(36-17)19(34)31-20-10-21(11-20,12-20)32-9-13(8-30-32)2-1-5-35-23(27,28)29/h3-4,6,8-9,16,18,33H,1-2,5,7,10-12H2,(H,31,34)/t16-,18-,20?,21?/m1/s1. The minimum absolute atomic E-state index is 0.00204. The zero-order valence-electron chi connectivity index (χ0n) is 18.8. The van der Waals surface area contributed by atoms with E-state index in [9.17, 15) is 36.2 Å². The molecule has 0 radical (unpaired) electrons. The number of amides is 1. The number of rotatable bonds is 7. The minimum Gasteiger partial charge on any atom is -0.480 e. The van der Waals surface area contributed by atoms with E-state index < -0.39 is 48.4 Å². The van der Waals surface area contributed by atoms with Crippen molar-refractivity contribution in [2.24, 2.45) is 0 Å². The van der Waals surface area contributed by atoms with Crippen molar-refractivity contribution in [1.29, 1.82) is 0 Å². The van der Waals surface area contributed by atoms with Crippen LogP contribution < -0.4 is 10.1 Å². The molecular formula is C23H23F6N3O4. The van der Waals surface area contributed by atoms with Gasteiger partial charge in [-0.15, -0.1) is 13.2 Å². The first kappa shape index (κ1) is 24.9. The Labute approximate surface area is 201 Å². The number of aromatic nitrogens is 2. The molecule has 1 aromatic heterocycles. The first-order chi connectivity index (χ1) is 16.8. The van der Waals surface area contributed by atoms with Gasteiger partial charge in [-0.3, -0.25) is 14.2 Å². The number of aliphatic hydroxyl groups is 1. The maximum Gasteiger partial charge on any atom is 0.522 e. The first-order valence-electron chi connectivity index (χ1n) is 11.4. The van der Waals surface area contributed by atoms with Gasteiger partial charge in [0.1, 0.15) is 5.75 Å². The number of halogens is 6. The number of aliphatic hydroxyl groups excluding tert-OH is 1. The van der Waals surface area contributed by atoms with Crippen molar-refractivity contribution in [3.63, 3.8) is 0 Å². The molecule has 0 unspecified atom stereocenters. The highest BCUT2D eigenvalue weighted by molar-refractivity contribution is 5.83. The second-order valence-corrected chi connectivity index (χ2v) is 9.82. The summed E-state index contributed by atoms with van der Waals surface area (Å²) in [7, 11) is 0. The molecule has 6 rings (SSSR count). The third kappa shape index (κ3) is 4.65. The average Bonchev–Trinajstić information content (AvgIpc) is 3.19. The molecule has 2 N–H and O–H groups in total. The van der Waals surface area contributed by atoms with Crippen LogP contribution in [0.3, 0.4) is 0 Å². The van der Waals surface area contributed by atoms with E-state index in [0.29, 0.717) is 25.7 Å². The Bertz CT molecular complexity index is 1140. The number of aryl methyl sites for hydroxylation is 1. The predicted molar refractivity (Wildman–Crippen MR) is 111 cm³/mol. The van der Waals surface area contributed by atoms with Crippen LogP contribution in [0.1, 0.15) is 54.9 Å². The fourth-order valence-corrected chi connectivity index (χ4v) is 5.45. The molecule has 2 heterocycles. The van der Waals surface area contributed by atoms with Gasteiger partial charge in [-0.1, -0.05) is 0 Å². The van der Waals surface area contributed by atoms with E-state index in [1.807, 2.05) is 0 Å². The van der Waals surface area contributed by atoms with Crippen LogP contribution in [0.15, 0.2) is 30.6 Å². The summed E-state index contributed by atoms with van der Waals surface area (Å²) in [6, 6.07) is 2.79. The lowest BCUT2D eigenvalue weighted by atomic mass is 9.44. The normalized spacial score (nSPS) is 29.0. The van der Waals surface area contributed by atoms with E-state index >= 15 is 0 Å². The summed E-state index contributed by atoms with van der Waals surface area (Å²) in [4.78, 5) is 12.8. The molecule has 1 amide bonds. The summed E-state index contributed by atoms with van der Waals surface area (Å²) < 4.78 is 86.2. The highest BCUT2D eigenvalue weighted by atomic mass is 19.4. The van der Waals surface area contributed by atoms with Crippen molar-refractivity contribution in [1.82, 2.24) is 15.1 Å². The second-order valence-electron chi connectivity index (χ2n) is 9.82. The van der Waals surface area contributed by atoms with Gasteiger partial charge in [-0.25, -0.2) is 0 Å². The van der Waals surface area contributed by atoms with Crippen molar-refractivity contribution >= 4 is 5.91 Å². The largest absolute Gasteiger partial charge is 0.522 e. The summed E-state index contributed by atoms with van der Waals surface area (Å²) >= 11 is 0. The lowest BCUT2D eigenvalue weighted by Gasteiger charge is -2.70. The lowest BCUT2D eigenvalue weighted by Crippen LogP contribution is -2.79. The van der Waals surface area contributed by atoms with Gasteiger partial charge in [0.2, 0.25) is 0 Å². The van der Waals surface area contributed by atoms with Crippen LogP contribution in [0.25, 0.3) is 0 Å². The molecule has 7 nitrogen and oxygen atoms in total. The lowest BCUT2D eigenvalue weighted by molar-refractivity contribution is -0.324. The van der Waals surface area contributed by atoms with Gasteiger partial charge in [0.15, 0.2) is 6.10 Å². The fraction of sp³-hybridized carbons (Fsp3) is 0.565. The molecule has 4 aliphatic rings. The summed E-state index contributed by atoms with van der Waals surface area (Å²) in [6.45, 7) is -0.430. The third-order valence-electron chi connectivity index (χ3n) is 7.08. The molecule has 1 aromatic carbocycles. The third-order valence-corrected chi connectivity index (χ3v) is 7.08. The highest BCUT2D eigenvalue weighted by Crippen LogP contribution is 2.65. The van der Waals surface area contributed by atoms with Crippen LogP contribution in [0.5, 0.6) is 5.75 Å². The van der Waals surface area contributed by atoms with Crippen molar-refractivity contribution in [3.05, 3.63) is 47.3 Å². The van der Waals surface area contributed by atoms with Gasteiger partial charge < -0.3 is 15.2 Å². The van der Waals surface area contributed by atoms with E-state index in [1.165, 1.54) is 0 Å². The highest BCUT2D eigenvalue weighted by Gasteiger charge is 2.70. The Kier molecular flexibility index (Phi) is 5.78. The van der Waals surface area contributed by atoms with Gasteiger partial charge in [-0.05, 0) is 55.9 Å². The van der Waals surface area contributed by atoms with E-state index in [0.717, 1.165) is 23.8 Å². The quantitative estimate of drug-likeness (QED) is 0.427. The van der Waals surface area contributed by atoms with Crippen molar-refractivity contribution < 1.29 is 45.7 Å². The van der Waals surface area contributed by atoms with Gasteiger partial charge >= 0.3 is 12.5 Å². The van der Waals surface area contributed by atoms with Crippen LogP contribution >= 0.6 is 0 Å². The van der Waals surface area contributed by atoms with Crippen LogP contribution in [-0.4, -0.2) is 45.4 Å². The van der Waals surface area contributed by atoms with Crippen LogP contribution in [0.2, 0.25) is 0 Å². The zero-order chi connectivity index (χ0) is 25.9. The molecule has 0 spiro atoms. The van der Waals surface area contributed by atoms with E-state index in [4.69, 9.17) is 4.74 Å². The van der Waals surface area contributed by atoms with Crippen molar-refractivity contribution in [2.75, 3.05) is 6.61 Å². The monoisotopic (exact) mass is 519 g/mol. The van der Waals surface area contributed by atoms with E-state index in [1.54, 1.807) is 17.1 Å². The maximum atomic E-state index is 13.0. The minimum atomic E-state index is -4.64. The fourth-order valence-electron chi connectivity index (χ4n) is 5.45.